The van der Waals surface area contributed by atoms with E-state index in [0.717, 1.165) is 28.2 Å². The highest BCUT2D eigenvalue weighted by Gasteiger charge is 2.58. The number of oxime groups is 1. The summed E-state index contributed by atoms with van der Waals surface area (Å²) in [6.45, 7) is 3.65. The van der Waals surface area contributed by atoms with Gasteiger partial charge in [0, 0.05) is 38.1 Å². The van der Waals surface area contributed by atoms with Gasteiger partial charge < -0.3 is 46.3 Å². The number of aliphatic carboxylic acids is 1. The molecule has 2 amide bonds. The van der Waals surface area contributed by atoms with Crippen LogP contribution in [0.1, 0.15) is 19.5 Å². The number of amides is 2. The van der Waals surface area contributed by atoms with Crippen LogP contribution in [-0.4, -0.2) is 105 Å². The van der Waals surface area contributed by atoms with Crippen molar-refractivity contribution in [2.75, 3.05) is 32.5 Å². The van der Waals surface area contributed by atoms with Gasteiger partial charge in [-0.25, -0.2) is 9.78 Å². The van der Waals surface area contributed by atoms with Crippen LogP contribution in [0, 0.1) is 5.92 Å². The smallest absolute Gasteiger partial charge is 0.418 e. The van der Waals surface area contributed by atoms with Crippen molar-refractivity contribution < 1.29 is 46.3 Å². The number of ether oxygens (including phenoxy) is 1. The van der Waals surface area contributed by atoms with Gasteiger partial charge in [-0.2, -0.15) is 13.5 Å². The average Bonchev–Trinajstić information content (AvgIpc) is 3.63. The van der Waals surface area contributed by atoms with E-state index in [1.165, 1.54) is 19.2 Å². The number of carboxylic acid groups (broad SMARTS) is 1. The Morgan fingerprint density at radius 2 is 1.86 bits per heavy atom. The maximum atomic E-state index is 13.3. The lowest BCUT2D eigenvalue weighted by atomic mass is 9.84. The van der Waals surface area contributed by atoms with E-state index in [2.05, 4.69) is 24.7 Å². The number of benzene rings is 1. The number of nitrogens with one attached hydrogen (secondary N) is 1. The Balaban J connectivity index is 1.47. The number of hydrogen-bond acceptors (Lipinski definition) is 15. The van der Waals surface area contributed by atoms with Gasteiger partial charge in [-0.3, -0.25) is 19.1 Å². The van der Waals surface area contributed by atoms with Crippen molar-refractivity contribution in [1.29, 1.82) is 0 Å². The summed E-state index contributed by atoms with van der Waals surface area (Å²) in [5.74, 6) is -3.11. The third-order valence-electron chi connectivity index (χ3n) is 7.72. The van der Waals surface area contributed by atoms with Gasteiger partial charge in [0.1, 0.15) is 24.1 Å². The Kier molecular flexibility index (Phi) is 11.6. The number of rotatable bonds is 16. The normalized spacial score (nSPS) is 17.1. The Labute approximate surface area is 290 Å². The lowest BCUT2D eigenvalue weighted by Crippen LogP contribution is -2.76. The number of β-lactam (4-membered cyclic amide) rings is 1. The summed E-state index contributed by atoms with van der Waals surface area (Å²) in [5, 5.41) is 17.7. The fourth-order valence-corrected chi connectivity index (χ4v) is 5.98. The van der Waals surface area contributed by atoms with E-state index in [1.807, 2.05) is 22.4 Å². The number of carbonyl (C=O) groups excluding carboxylic acids is 2. The van der Waals surface area contributed by atoms with Gasteiger partial charge >= 0.3 is 16.4 Å². The second-order valence-electron chi connectivity index (χ2n) is 11.6. The summed E-state index contributed by atoms with van der Waals surface area (Å²) < 4.78 is 45.1. The van der Waals surface area contributed by atoms with Gasteiger partial charge in [0.15, 0.2) is 10.8 Å². The summed E-state index contributed by atoms with van der Waals surface area (Å²) in [5.41, 5.74) is 17.7. The van der Waals surface area contributed by atoms with Gasteiger partial charge in [-0.05, 0) is 56.8 Å². The van der Waals surface area contributed by atoms with Gasteiger partial charge in [0.25, 0.3) is 17.9 Å². The molecule has 1 aromatic carbocycles. The number of hydroxylamine groups is 2. The predicted molar refractivity (Wildman–Crippen MR) is 178 cm³/mol. The van der Waals surface area contributed by atoms with Crippen molar-refractivity contribution in [1.82, 2.24) is 24.5 Å². The molecule has 3 heterocycles. The number of nitrogens with zero attached hydrogens (tertiary/aromatic N) is 6. The maximum Gasteiger partial charge on any atom is 0.418 e. The largest absolute Gasteiger partial charge is 0.489 e. The second-order valence-corrected chi connectivity index (χ2v) is 13.5. The monoisotopic (exact) mass is 738 g/mol. The highest BCUT2D eigenvalue weighted by atomic mass is 32.3. The molecule has 9 N–H and O–H groups in total. The molecule has 3 aromatic rings. The summed E-state index contributed by atoms with van der Waals surface area (Å²) >= 11 is 0.953. The van der Waals surface area contributed by atoms with Crippen LogP contribution in [0.5, 0.6) is 5.75 Å². The molecule has 2 aromatic heterocycles. The van der Waals surface area contributed by atoms with Crippen LogP contribution in [0.2, 0.25) is 0 Å². The highest BCUT2D eigenvalue weighted by Crippen LogP contribution is 2.33. The Hall–Kier alpha value is -4.87. The number of nitrogen functional groups attached to an aromatic ring is 1. The minimum absolute atomic E-state index is 0.0515. The van der Waals surface area contributed by atoms with Crippen molar-refractivity contribution in [3.63, 3.8) is 0 Å². The number of carboxylic acids is 1. The lowest BCUT2D eigenvalue weighted by molar-refractivity contribution is -0.218. The first kappa shape index (κ1) is 37.9. The topological polar surface area (TPSA) is 294 Å². The number of imidazole rings is 1. The Bertz CT molecular complexity index is 1930. The van der Waals surface area contributed by atoms with Crippen molar-refractivity contribution in [2.24, 2.45) is 34.6 Å². The molecular formula is C28H38N10O10S2. The standard InChI is InChI=1S/C28H38N10O10S2/c1-28(2)22(24(40)38(28)48-50(43,44)45)34-23(39)21(18-14-49-26(31)33-18)35-47-20(25(41)42)13-46-17-7-5-16(6-8-17)19-12-37(11-15(9-29)10-30)27(32-3)36(19)4/h5-8,12,14-15,20,22H,9-11,13,29-30H2,1-4H3,(H2,31,33)(H,34,39)(H,41,42)(H,43,44,45)/b32-27?,35-21-. The molecule has 1 saturated heterocycles. The SMILES string of the molecule is CN=c1n(CC(CN)CN)cc(-c2ccc(OCC(O/N=C(\C(=O)NC3C(=O)N(OS(=O)(=O)O)C3(C)C)c3csc(N)n3)C(=O)O)cc2)n1C. The zero-order valence-corrected chi connectivity index (χ0v) is 29.0. The van der Waals surface area contributed by atoms with Crippen LogP contribution in [0.4, 0.5) is 5.13 Å². The molecule has 0 radical (unpaired) electrons. The number of aromatic nitrogens is 3. The van der Waals surface area contributed by atoms with E-state index >= 15 is 0 Å². The summed E-state index contributed by atoms with van der Waals surface area (Å²) in [6.07, 6.45) is 0.241. The Morgan fingerprint density at radius 3 is 2.38 bits per heavy atom. The third-order valence-corrected chi connectivity index (χ3v) is 8.73. The summed E-state index contributed by atoms with van der Waals surface area (Å²) in [4.78, 5) is 51.4. The van der Waals surface area contributed by atoms with E-state index in [-0.39, 0.29) is 16.7 Å². The number of anilines is 1. The molecule has 22 heteroatoms. The molecule has 50 heavy (non-hydrogen) atoms. The molecule has 1 fully saturated rings. The zero-order chi connectivity index (χ0) is 37.0. The van der Waals surface area contributed by atoms with Gasteiger partial charge in [0.2, 0.25) is 5.62 Å². The lowest BCUT2D eigenvalue weighted by Gasteiger charge is -2.50. The fraction of sp³-hybridized carbons (Fsp3) is 0.429. The second kappa shape index (κ2) is 15.3. The molecule has 4 rings (SSSR count). The summed E-state index contributed by atoms with van der Waals surface area (Å²) in [7, 11) is -1.46. The van der Waals surface area contributed by atoms with Crippen LogP contribution in [-0.2, 0) is 47.5 Å². The number of hydrogen-bond donors (Lipinski definition) is 6. The van der Waals surface area contributed by atoms with Crippen molar-refractivity contribution >= 4 is 50.4 Å². The molecular weight excluding hydrogens is 701 g/mol. The van der Waals surface area contributed by atoms with Gasteiger partial charge in [-0.15, -0.1) is 15.6 Å². The van der Waals surface area contributed by atoms with E-state index in [1.54, 1.807) is 31.3 Å². The van der Waals surface area contributed by atoms with E-state index < -0.39 is 58.2 Å². The van der Waals surface area contributed by atoms with Crippen molar-refractivity contribution in [3.05, 3.63) is 47.2 Å². The molecule has 0 bridgehead atoms. The maximum absolute atomic E-state index is 13.3. The first-order valence-electron chi connectivity index (χ1n) is 14.8. The number of carbonyl (C=O) groups is 3. The molecule has 1 aliphatic rings. The van der Waals surface area contributed by atoms with E-state index in [0.29, 0.717) is 30.4 Å². The minimum atomic E-state index is -5.03. The molecule has 0 saturated carbocycles. The van der Waals surface area contributed by atoms with Crippen LogP contribution >= 0.6 is 11.3 Å². The number of thiazole rings is 1. The van der Waals surface area contributed by atoms with Crippen LogP contribution < -0.4 is 32.9 Å². The van der Waals surface area contributed by atoms with Crippen molar-refractivity contribution in [2.45, 2.75) is 38.1 Å². The highest BCUT2D eigenvalue weighted by molar-refractivity contribution is 7.80. The molecule has 1 aliphatic heterocycles. The first-order chi connectivity index (χ1) is 23.5. The molecule has 272 valence electrons. The van der Waals surface area contributed by atoms with Crippen LogP contribution in [0.15, 0.2) is 46.0 Å². The van der Waals surface area contributed by atoms with E-state index in [4.69, 9.17) is 31.3 Å². The van der Waals surface area contributed by atoms with Gasteiger partial charge in [0.05, 0.1) is 11.2 Å². The minimum Gasteiger partial charge on any atom is -0.489 e. The van der Waals surface area contributed by atoms with Crippen molar-refractivity contribution in [3.8, 4) is 17.0 Å². The molecule has 2 atom stereocenters. The third kappa shape index (κ3) is 8.46. The zero-order valence-electron chi connectivity index (χ0n) is 27.4. The van der Waals surface area contributed by atoms with Gasteiger partial charge in [-0.1, -0.05) is 5.16 Å². The molecule has 0 aliphatic carbocycles. The Morgan fingerprint density at radius 1 is 1.20 bits per heavy atom. The summed E-state index contributed by atoms with van der Waals surface area (Å²) in [6, 6.07) is 5.52. The fourth-order valence-electron chi connectivity index (χ4n) is 4.97. The quantitative estimate of drug-likeness (QED) is 0.0431. The molecule has 0 spiro atoms. The number of nitrogens with two attached hydrogens (primary N) is 3. The molecule has 2 unspecified atom stereocenters. The first-order valence-corrected chi connectivity index (χ1v) is 17.1. The van der Waals surface area contributed by atoms with Crippen LogP contribution in [0.25, 0.3) is 11.3 Å². The van der Waals surface area contributed by atoms with E-state index in [9.17, 15) is 27.9 Å². The average molecular weight is 739 g/mol. The van der Waals surface area contributed by atoms with Crippen LogP contribution in [0.3, 0.4) is 0 Å². The molecule has 20 nitrogen and oxygen atoms in total. The predicted octanol–water partition coefficient (Wildman–Crippen LogP) is -1.31.